The topological polar surface area (TPSA) is 41.9 Å². The summed E-state index contributed by atoms with van der Waals surface area (Å²) in [6.45, 7) is 0.602. The summed E-state index contributed by atoms with van der Waals surface area (Å²) in [6, 6.07) is 8.80. The van der Waals surface area contributed by atoms with Crippen LogP contribution in [0.5, 0.6) is 0 Å². The minimum atomic E-state index is -0.229. The zero-order valence-electron chi connectivity index (χ0n) is 10.8. The van der Waals surface area contributed by atoms with Gasteiger partial charge in [0.15, 0.2) is 10.9 Å². The lowest BCUT2D eigenvalue weighted by atomic mass is 10.2. The molecule has 1 aromatic heterocycles. The third kappa shape index (κ3) is 3.54. The molecule has 1 saturated carbocycles. The molecule has 0 amide bonds. The molecule has 0 unspecified atom stereocenters. The SMILES string of the molecule is Fc1ccc(Cn2ccc(NC(=S)NC3CC3)n2)cc1. The van der Waals surface area contributed by atoms with E-state index in [9.17, 15) is 4.39 Å². The molecule has 0 spiro atoms. The Bertz CT molecular complexity index is 604. The molecule has 1 fully saturated rings. The number of nitrogens with zero attached hydrogens (tertiary/aromatic N) is 2. The Balaban J connectivity index is 1.58. The van der Waals surface area contributed by atoms with Gasteiger partial charge in [-0.3, -0.25) is 4.68 Å². The van der Waals surface area contributed by atoms with Crippen LogP contribution >= 0.6 is 12.2 Å². The Morgan fingerprint density at radius 2 is 2.05 bits per heavy atom. The van der Waals surface area contributed by atoms with Gasteiger partial charge in [-0.1, -0.05) is 12.1 Å². The Labute approximate surface area is 122 Å². The van der Waals surface area contributed by atoms with Crippen LogP contribution in [0.25, 0.3) is 0 Å². The summed E-state index contributed by atoms with van der Waals surface area (Å²) in [4.78, 5) is 0. The summed E-state index contributed by atoms with van der Waals surface area (Å²) >= 11 is 5.19. The molecular weight excluding hydrogens is 275 g/mol. The lowest BCUT2D eigenvalue weighted by Crippen LogP contribution is -2.30. The first-order chi connectivity index (χ1) is 9.69. The summed E-state index contributed by atoms with van der Waals surface area (Å²) < 4.78 is 14.6. The average molecular weight is 290 g/mol. The number of benzene rings is 1. The fraction of sp³-hybridized carbons (Fsp3) is 0.286. The van der Waals surface area contributed by atoms with E-state index in [1.165, 1.54) is 25.0 Å². The summed E-state index contributed by atoms with van der Waals surface area (Å²) in [5.41, 5.74) is 1.000. The van der Waals surface area contributed by atoms with Gasteiger partial charge in [0.2, 0.25) is 0 Å². The highest BCUT2D eigenvalue weighted by Crippen LogP contribution is 2.18. The highest BCUT2D eigenvalue weighted by molar-refractivity contribution is 7.80. The van der Waals surface area contributed by atoms with Gasteiger partial charge in [0.25, 0.3) is 0 Å². The fourth-order valence-electron chi connectivity index (χ4n) is 1.86. The van der Waals surface area contributed by atoms with Gasteiger partial charge >= 0.3 is 0 Å². The summed E-state index contributed by atoms with van der Waals surface area (Å²) in [7, 11) is 0. The Hall–Kier alpha value is -1.95. The molecule has 20 heavy (non-hydrogen) atoms. The van der Waals surface area contributed by atoms with Crippen molar-refractivity contribution in [1.82, 2.24) is 15.1 Å². The molecule has 1 aromatic carbocycles. The van der Waals surface area contributed by atoms with Crippen LogP contribution in [-0.2, 0) is 6.54 Å². The second kappa shape index (κ2) is 5.58. The first kappa shape index (κ1) is 13.1. The van der Waals surface area contributed by atoms with Crippen molar-refractivity contribution >= 4 is 23.1 Å². The molecule has 104 valence electrons. The molecule has 1 heterocycles. The highest BCUT2D eigenvalue weighted by Gasteiger charge is 2.21. The molecule has 0 bridgehead atoms. The summed E-state index contributed by atoms with van der Waals surface area (Å²) in [6.07, 6.45) is 4.23. The number of anilines is 1. The number of hydrogen-bond acceptors (Lipinski definition) is 2. The standard InChI is InChI=1S/C14H15FN4S/c15-11-3-1-10(2-4-11)9-19-8-7-13(18-19)17-14(20)16-12-5-6-12/h1-4,7-8,12H,5-6,9H2,(H2,16,17,18,20). The molecule has 2 N–H and O–H groups in total. The van der Waals surface area contributed by atoms with Crippen LogP contribution in [0.2, 0.25) is 0 Å². The number of halogens is 1. The third-order valence-electron chi connectivity index (χ3n) is 3.05. The van der Waals surface area contributed by atoms with E-state index < -0.39 is 0 Å². The second-order valence-electron chi connectivity index (χ2n) is 4.90. The average Bonchev–Trinajstić information content (AvgIpc) is 3.12. The van der Waals surface area contributed by atoms with E-state index in [4.69, 9.17) is 12.2 Å². The predicted octanol–water partition coefficient (Wildman–Crippen LogP) is 2.52. The van der Waals surface area contributed by atoms with E-state index in [0.717, 1.165) is 5.56 Å². The summed E-state index contributed by atoms with van der Waals surface area (Å²) in [5, 5.41) is 11.2. The molecule has 1 aliphatic carbocycles. The van der Waals surface area contributed by atoms with Crippen LogP contribution < -0.4 is 10.6 Å². The number of rotatable bonds is 4. The van der Waals surface area contributed by atoms with Gasteiger partial charge in [-0.15, -0.1) is 0 Å². The minimum Gasteiger partial charge on any atom is -0.360 e. The van der Waals surface area contributed by atoms with Crippen molar-refractivity contribution in [3.8, 4) is 0 Å². The monoisotopic (exact) mass is 290 g/mol. The van der Waals surface area contributed by atoms with Gasteiger partial charge in [-0.05, 0) is 42.8 Å². The van der Waals surface area contributed by atoms with Crippen molar-refractivity contribution in [3.63, 3.8) is 0 Å². The maximum absolute atomic E-state index is 12.8. The van der Waals surface area contributed by atoms with Gasteiger partial charge in [0.05, 0.1) is 6.54 Å². The van der Waals surface area contributed by atoms with E-state index in [2.05, 4.69) is 15.7 Å². The van der Waals surface area contributed by atoms with Gasteiger partial charge in [-0.25, -0.2) is 4.39 Å². The largest absolute Gasteiger partial charge is 0.360 e. The van der Waals surface area contributed by atoms with Gasteiger partial charge in [-0.2, -0.15) is 5.10 Å². The van der Waals surface area contributed by atoms with Crippen LogP contribution in [0.15, 0.2) is 36.5 Å². The normalized spacial score (nSPS) is 14.1. The van der Waals surface area contributed by atoms with Gasteiger partial charge in [0.1, 0.15) is 5.82 Å². The van der Waals surface area contributed by atoms with Gasteiger partial charge in [0, 0.05) is 18.3 Å². The Kier molecular flexibility index (Phi) is 3.64. The smallest absolute Gasteiger partial charge is 0.172 e. The lowest BCUT2D eigenvalue weighted by Gasteiger charge is -2.06. The van der Waals surface area contributed by atoms with Crippen molar-refractivity contribution in [3.05, 3.63) is 47.9 Å². The maximum Gasteiger partial charge on any atom is 0.172 e. The van der Waals surface area contributed by atoms with Crippen molar-refractivity contribution in [2.45, 2.75) is 25.4 Å². The van der Waals surface area contributed by atoms with Crippen LogP contribution in [-0.4, -0.2) is 20.9 Å². The highest BCUT2D eigenvalue weighted by atomic mass is 32.1. The van der Waals surface area contributed by atoms with Crippen LogP contribution in [0.4, 0.5) is 10.2 Å². The molecule has 1 aliphatic rings. The summed E-state index contributed by atoms with van der Waals surface area (Å²) in [5.74, 6) is 0.485. The second-order valence-corrected chi connectivity index (χ2v) is 5.31. The van der Waals surface area contributed by atoms with E-state index in [-0.39, 0.29) is 5.82 Å². The number of aromatic nitrogens is 2. The molecule has 0 aliphatic heterocycles. The van der Waals surface area contributed by atoms with Crippen LogP contribution in [0.1, 0.15) is 18.4 Å². The van der Waals surface area contributed by atoms with Crippen molar-refractivity contribution in [2.75, 3.05) is 5.32 Å². The van der Waals surface area contributed by atoms with E-state index in [1.54, 1.807) is 16.8 Å². The maximum atomic E-state index is 12.8. The quantitative estimate of drug-likeness (QED) is 0.849. The first-order valence-electron chi connectivity index (χ1n) is 6.54. The number of thiocarbonyl (C=S) groups is 1. The van der Waals surface area contributed by atoms with E-state index >= 15 is 0 Å². The van der Waals surface area contributed by atoms with E-state index in [1.807, 2.05) is 12.3 Å². The van der Waals surface area contributed by atoms with Gasteiger partial charge < -0.3 is 10.6 Å². The van der Waals surface area contributed by atoms with Crippen molar-refractivity contribution in [1.29, 1.82) is 0 Å². The zero-order chi connectivity index (χ0) is 13.9. The zero-order valence-corrected chi connectivity index (χ0v) is 11.7. The molecule has 2 aromatic rings. The predicted molar refractivity (Wildman–Crippen MR) is 80.1 cm³/mol. The Morgan fingerprint density at radius 3 is 2.75 bits per heavy atom. The van der Waals surface area contributed by atoms with Crippen molar-refractivity contribution < 1.29 is 4.39 Å². The fourth-order valence-corrected chi connectivity index (χ4v) is 2.13. The molecule has 6 heteroatoms. The molecule has 4 nitrogen and oxygen atoms in total. The van der Waals surface area contributed by atoms with E-state index in [0.29, 0.717) is 23.5 Å². The molecule has 0 atom stereocenters. The molecular formula is C14H15FN4S. The Morgan fingerprint density at radius 1 is 1.30 bits per heavy atom. The molecule has 0 saturated heterocycles. The third-order valence-corrected chi connectivity index (χ3v) is 3.27. The lowest BCUT2D eigenvalue weighted by molar-refractivity contribution is 0.624. The molecule has 0 radical (unpaired) electrons. The van der Waals surface area contributed by atoms with Crippen molar-refractivity contribution in [2.24, 2.45) is 0 Å². The number of nitrogens with one attached hydrogen (secondary N) is 2. The molecule has 3 rings (SSSR count). The minimum absolute atomic E-state index is 0.229. The van der Waals surface area contributed by atoms with Crippen LogP contribution in [0, 0.1) is 5.82 Å². The van der Waals surface area contributed by atoms with Crippen LogP contribution in [0.3, 0.4) is 0 Å². The first-order valence-corrected chi connectivity index (χ1v) is 6.95. The number of hydrogen-bond donors (Lipinski definition) is 2.